The van der Waals surface area contributed by atoms with Crippen LogP contribution in [-0.4, -0.2) is 25.7 Å². The molecule has 0 bridgehead atoms. The zero-order valence-corrected chi connectivity index (χ0v) is 15.7. The maximum atomic E-state index is 12.7. The van der Waals surface area contributed by atoms with Crippen LogP contribution in [-0.2, 0) is 4.79 Å². The molecule has 2 rings (SSSR count). The van der Waals surface area contributed by atoms with Crippen LogP contribution in [0, 0.1) is 5.92 Å². The second-order valence-electron chi connectivity index (χ2n) is 6.64. The van der Waals surface area contributed by atoms with Gasteiger partial charge in [0.25, 0.3) is 0 Å². The molecule has 136 valence electrons. The second kappa shape index (κ2) is 8.58. The number of nitrogens with two attached hydrogens (primary N) is 1. The van der Waals surface area contributed by atoms with Gasteiger partial charge in [-0.2, -0.15) is 0 Å². The van der Waals surface area contributed by atoms with Crippen LogP contribution >= 0.6 is 12.4 Å². The average Bonchev–Trinajstić information content (AvgIpc) is 2.53. The lowest BCUT2D eigenvalue weighted by Crippen LogP contribution is -2.53. The number of methoxy groups -OCH3 is 2. The SMILES string of the molecule is COc1ccc(OC)c(C(C)NC(=O)C2CCCCC2(C)N)c1.Cl. The van der Waals surface area contributed by atoms with Gasteiger partial charge in [-0.05, 0) is 44.9 Å². The molecule has 1 saturated carbocycles. The van der Waals surface area contributed by atoms with Crippen molar-refractivity contribution in [3.8, 4) is 11.5 Å². The van der Waals surface area contributed by atoms with Gasteiger partial charge in [0.2, 0.25) is 5.91 Å². The van der Waals surface area contributed by atoms with Crippen molar-refractivity contribution in [3.63, 3.8) is 0 Å². The Kier molecular flexibility index (Phi) is 7.36. The Morgan fingerprint density at radius 3 is 2.62 bits per heavy atom. The molecule has 0 aromatic heterocycles. The van der Waals surface area contributed by atoms with Gasteiger partial charge in [0, 0.05) is 11.1 Å². The van der Waals surface area contributed by atoms with E-state index in [1.165, 1.54) is 0 Å². The van der Waals surface area contributed by atoms with Crippen LogP contribution in [0.4, 0.5) is 0 Å². The van der Waals surface area contributed by atoms with Crippen molar-refractivity contribution >= 4 is 18.3 Å². The molecule has 0 spiro atoms. The lowest BCUT2D eigenvalue weighted by molar-refractivity contribution is -0.128. The topological polar surface area (TPSA) is 73.6 Å². The monoisotopic (exact) mass is 356 g/mol. The first-order valence-electron chi connectivity index (χ1n) is 8.20. The lowest BCUT2D eigenvalue weighted by atomic mass is 9.74. The van der Waals surface area contributed by atoms with E-state index in [9.17, 15) is 4.79 Å². The number of ether oxygens (including phenoxy) is 2. The Morgan fingerprint density at radius 2 is 2.04 bits per heavy atom. The van der Waals surface area contributed by atoms with Crippen molar-refractivity contribution in [2.24, 2.45) is 11.7 Å². The highest BCUT2D eigenvalue weighted by Crippen LogP contribution is 2.33. The van der Waals surface area contributed by atoms with Gasteiger partial charge in [0.05, 0.1) is 26.2 Å². The van der Waals surface area contributed by atoms with Gasteiger partial charge in [-0.3, -0.25) is 4.79 Å². The van der Waals surface area contributed by atoms with Crippen LogP contribution < -0.4 is 20.5 Å². The first-order valence-corrected chi connectivity index (χ1v) is 8.20. The summed E-state index contributed by atoms with van der Waals surface area (Å²) in [5.74, 6) is 1.35. The summed E-state index contributed by atoms with van der Waals surface area (Å²) in [5.41, 5.74) is 6.80. The fourth-order valence-corrected chi connectivity index (χ4v) is 3.36. The maximum absolute atomic E-state index is 12.7. The second-order valence-corrected chi connectivity index (χ2v) is 6.64. The largest absolute Gasteiger partial charge is 0.497 e. The predicted octanol–water partition coefficient (Wildman–Crippen LogP) is 3.21. The normalized spacial score (nSPS) is 24.5. The highest BCUT2D eigenvalue weighted by atomic mass is 35.5. The Balaban J connectivity index is 0.00000288. The van der Waals surface area contributed by atoms with E-state index < -0.39 is 5.54 Å². The zero-order valence-electron chi connectivity index (χ0n) is 14.9. The minimum absolute atomic E-state index is 0. The number of carbonyl (C=O) groups is 1. The van der Waals surface area contributed by atoms with Gasteiger partial charge in [0.15, 0.2) is 0 Å². The number of halogens is 1. The molecular weight excluding hydrogens is 328 g/mol. The highest BCUT2D eigenvalue weighted by molar-refractivity contribution is 5.85. The number of hydrogen-bond acceptors (Lipinski definition) is 4. The number of hydrogen-bond donors (Lipinski definition) is 2. The first-order chi connectivity index (χ1) is 10.9. The molecule has 0 saturated heterocycles. The van der Waals surface area contributed by atoms with Gasteiger partial charge in [0.1, 0.15) is 11.5 Å². The molecule has 1 aromatic rings. The van der Waals surface area contributed by atoms with E-state index in [-0.39, 0.29) is 30.3 Å². The quantitative estimate of drug-likeness (QED) is 0.849. The Bertz CT molecular complexity index is 563. The van der Waals surface area contributed by atoms with E-state index in [1.807, 2.05) is 32.0 Å². The van der Waals surface area contributed by atoms with Gasteiger partial charge in [-0.1, -0.05) is 12.8 Å². The number of rotatable bonds is 5. The lowest BCUT2D eigenvalue weighted by Gasteiger charge is -2.37. The summed E-state index contributed by atoms with van der Waals surface area (Å²) in [6.45, 7) is 3.93. The van der Waals surface area contributed by atoms with E-state index in [0.717, 1.165) is 42.7 Å². The summed E-state index contributed by atoms with van der Waals surface area (Å²) < 4.78 is 10.7. The van der Waals surface area contributed by atoms with Gasteiger partial charge in [-0.15, -0.1) is 12.4 Å². The van der Waals surface area contributed by atoms with Gasteiger partial charge in [-0.25, -0.2) is 0 Å². The predicted molar refractivity (Wildman–Crippen MR) is 97.9 cm³/mol. The first kappa shape index (κ1) is 20.6. The molecule has 3 N–H and O–H groups in total. The van der Waals surface area contributed by atoms with Crippen LogP contribution in [0.1, 0.15) is 51.1 Å². The molecule has 0 heterocycles. The maximum Gasteiger partial charge on any atom is 0.225 e. The number of benzene rings is 1. The van der Waals surface area contributed by atoms with Crippen molar-refractivity contribution in [1.82, 2.24) is 5.32 Å². The standard InChI is InChI=1S/C18H28N2O3.ClH/c1-12(14-11-13(22-3)8-9-16(14)23-4)20-17(21)15-7-5-6-10-18(15,2)19;/h8-9,11-12,15H,5-7,10,19H2,1-4H3,(H,20,21);1H. The summed E-state index contributed by atoms with van der Waals surface area (Å²) in [6, 6.07) is 5.41. The molecular formula is C18H29ClN2O3. The Hall–Kier alpha value is -1.46. The van der Waals surface area contributed by atoms with E-state index in [4.69, 9.17) is 15.2 Å². The molecule has 24 heavy (non-hydrogen) atoms. The van der Waals surface area contributed by atoms with E-state index >= 15 is 0 Å². The molecule has 1 aliphatic rings. The smallest absolute Gasteiger partial charge is 0.225 e. The van der Waals surface area contributed by atoms with Crippen molar-refractivity contribution in [3.05, 3.63) is 23.8 Å². The molecule has 1 fully saturated rings. The molecule has 1 amide bonds. The molecule has 1 aliphatic carbocycles. The van der Waals surface area contributed by atoms with Crippen molar-refractivity contribution in [2.75, 3.05) is 14.2 Å². The van der Waals surface area contributed by atoms with Crippen LogP contribution in [0.15, 0.2) is 18.2 Å². The minimum Gasteiger partial charge on any atom is -0.497 e. The number of carbonyl (C=O) groups excluding carboxylic acids is 1. The molecule has 5 nitrogen and oxygen atoms in total. The van der Waals surface area contributed by atoms with Gasteiger partial charge < -0.3 is 20.5 Å². The van der Waals surface area contributed by atoms with Gasteiger partial charge >= 0.3 is 0 Å². The summed E-state index contributed by atoms with van der Waals surface area (Å²) in [4.78, 5) is 12.7. The molecule has 6 heteroatoms. The third kappa shape index (κ3) is 4.54. The molecule has 0 radical (unpaired) electrons. The highest BCUT2D eigenvalue weighted by Gasteiger charge is 2.38. The Morgan fingerprint density at radius 1 is 1.33 bits per heavy atom. The van der Waals surface area contributed by atoms with Crippen molar-refractivity contribution in [1.29, 1.82) is 0 Å². The molecule has 0 aliphatic heterocycles. The average molecular weight is 357 g/mol. The van der Waals surface area contributed by atoms with Crippen LogP contribution in [0.3, 0.4) is 0 Å². The molecule has 3 unspecified atom stereocenters. The van der Waals surface area contributed by atoms with Crippen LogP contribution in [0.2, 0.25) is 0 Å². The fraction of sp³-hybridized carbons (Fsp3) is 0.611. The summed E-state index contributed by atoms with van der Waals surface area (Å²) in [7, 11) is 3.24. The van der Waals surface area contributed by atoms with E-state index in [0.29, 0.717) is 0 Å². The number of amides is 1. The van der Waals surface area contributed by atoms with Crippen LogP contribution in [0.25, 0.3) is 0 Å². The van der Waals surface area contributed by atoms with Crippen molar-refractivity contribution in [2.45, 2.75) is 51.1 Å². The molecule has 3 atom stereocenters. The summed E-state index contributed by atoms with van der Waals surface area (Å²) in [6.07, 6.45) is 3.89. The van der Waals surface area contributed by atoms with Crippen LogP contribution in [0.5, 0.6) is 11.5 Å². The third-order valence-corrected chi connectivity index (χ3v) is 4.83. The summed E-state index contributed by atoms with van der Waals surface area (Å²) >= 11 is 0. The zero-order chi connectivity index (χ0) is 17.0. The minimum atomic E-state index is -0.430. The van der Waals surface area contributed by atoms with E-state index in [1.54, 1.807) is 14.2 Å². The fourth-order valence-electron chi connectivity index (χ4n) is 3.36. The molecule has 1 aromatic carbocycles. The number of nitrogens with one attached hydrogen (secondary N) is 1. The Labute approximate surface area is 150 Å². The summed E-state index contributed by atoms with van der Waals surface area (Å²) in [5, 5.41) is 3.09. The van der Waals surface area contributed by atoms with Crippen molar-refractivity contribution < 1.29 is 14.3 Å². The third-order valence-electron chi connectivity index (χ3n) is 4.83. The van der Waals surface area contributed by atoms with E-state index in [2.05, 4.69) is 5.32 Å².